The number of hydrogen-bond acceptors (Lipinski definition) is 6. The summed E-state index contributed by atoms with van der Waals surface area (Å²) >= 11 is 0. The summed E-state index contributed by atoms with van der Waals surface area (Å²) in [7, 11) is -4.61. The van der Waals surface area contributed by atoms with Crippen molar-refractivity contribution in [1.29, 1.82) is 0 Å². The van der Waals surface area contributed by atoms with Crippen molar-refractivity contribution in [3.8, 4) is 0 Å². The van der Waals surface area contributed by atoms with Crippen molar-refractivity contribution in [3.05, 3.63) is 29.3 Å². The van der Waals surface area contributed by atoms with E-state index < -0.39 is 38.1 Å². The summed E-state index contributed by atoms with van der Waals surface area (Å²) in [6, 6.07) is 1.92. The summed E-state index contributed by atoms with van der Waals surface area (Å²) in [5, 5.41) is 21.0. The molecule has 1 aromatic carbocycles. The van der Waals surface area contributed by atoms with E-state index in [1.54, 1.807) is 0 Å². The van der Waals surface area contributed by atoms with E-state index in [-0.39, 0.29) is 0 Å². The number of carbonyl (C=O) groups is 2. The second kappa shape index (κ2) is 3.91. The Labute approximate surface area is 89.7 Å². The Morgan fingerprint density at radius 3 is 1.94 bits per heavy atom. The standard InChI is InChI=1S/C8H6O7S/c9-7(10)5-2-1-4(16(13,14)15)3-6(5)8(11)12/h1-3H,(H,9,10)(H,11,12)(H,13,14,15)/p-2. The van der Waals surface area contributed by atoms with Crippen molar-refractivity contribution in [2.24, 2.45) is 0 Å². The van der Waals surface area contributed by atoms with Crippen LogP contribution in [0.25, 0.3) is 0 Å². The number of benzene rings is 1. The minimum atomic E-state index is -4.61. The van der Waals surface area contributed by atoms with Crippen LogP contribution in [0.2, 0.25) is 0 Å². The zero-order valence-electron chi connectivity index (χ0n) is 7.54. The lowest BCUT2D eigenvalue weighted by atomic mass is 10.1. The van der Waals surface area contributed by atoms with Gasteiger partial charge < -0.3 is 19.8 Å². The van der Waals surface area contributed by atoms with Crippen LogP contribution < -0.4 is 10.2 Å². The first-order valence-corrected chi connectivity index (χ1v) is 5.21. The lowest BCUT2D eigenvalue weighted by molar-refractivity contribution is -0.259. The molecule has 7 nitrogen and oxygen atoms in total. The second-order valence-electron chi connectivity index (χ2n) is 2.76. The number of aromatic carboxylic acids is 2. The largest absolute Gasteiger partial charge is 0.545 e. The van der Waals surface area contributed by atoms with Crippen LogP contribution in [0.3, 0.4) is 0 Å². The Hall–Kier alpha value is -1.93. The van der Waals surface area contributed by atoms with Crippen molar-refractivity contribution in [2.75, 3.05) is 0 Å². The maximum atomic E-state index is 10.7. The lowest BCUT2D eigenvalue weighted by Crippen LogP contribution is -2.30. The van der Waals surface area contributed by atoms with E-state index in [0.717, 1.165) is 6.07 Å². The fraction of sp³-hybridized carbons (Fsp3) is 0. The van der Waals surface area contributed by atoms with Gasteiger partial charge in [0.15, 0.2) is 0 Å². The van der Waals surface area contributed by atoms with Gasteiger partial charge in [-0.05, 0) is 12.1 Å². The normalized spacial score (nSPS) is 11.1. The van der Waals surface area contributed by atoms with Gasteiger partial charge in [0, 0.05) is 11.1 Å². The monoisotopic (exact) mass is 244 g/mol. The number of carbonyl (C=O) groups excluding carboxylic acids is 2. The van der Waals surface area contributed by atoms with Gasteiger partial charge in [-0.3, -0.25) is 4.55 Å². The third kappa shape index (κ3) is 2.35. The molecule has 86 valence electrons. The molecule has 0 aliphatic rings. The minimum Gasteiger partial charge on any atom is -0.545 e. The topological polar surface area (TPSA) is 135 Å². The molecular formula is C8H4O7S-2. The molecule has 0 aliphatic carbocycles. The molecule has 0 heterocycles. The van der Waals surface area contributed by atoms with E-state index in [1.165, 1.54) is 0 Å². The third-order valence-electron chi connectivity index (χ3n) is 1.73. The van der Waals surface area contributed by atoms with Gasteiger partial charge >= 0.3 is 0 Å². The SMILES string of the molecule is O=C([O-])c1ccc(S(=O)(=O)O)cc1C(=O)[O-]. The average molecular weight is 244 g/mol. The zero-order chi connectivity index (χ0) is 12.5. The molecule has 0 aliphatic heterocycles. The molecule has 0 bridgehead atoms. The van der Waals surface area contributed by atoms with E-state index in [0.29, 0.717) is 12.1 Å². The fourth-order valence-electron chi connectivity index (χ4n) is 1.03. The summed E-state index contributed by atoms with van der Waals surface area (Å²) in [6.45, 7) is 0. The Morgan fingerprint density at radius 1 is 1.06 bits per heavy atom. The van der Waals surface area contributed by atoms with E-state index in [4.69, 9.17) is 4.55 Å². The van der Waals surface area contributed by atoms with Crippen LogP contribution in [-0.2, 0) is 10.1 Å². The van der Waals surface area contributed by atoms with E-state index >= 15 is 0 Å². The number of rotatable bonds is 3. The van der Waals surface area contributed by atoms with Crippen molar-refractivity contribution in [3.63, 3.8) is 0 Å². The number of carboxylic acids is 2. The smallest absolute Gasteiger partial charge is 0.294 e. The maximum Gasteiger partial charge on any atom is 0.294 e. The molecule has 1 N–H and O–H groups in total. The van der Waals surface area contributed by atoms with Crippen molar-refractivity contribution in [1.82, 2.24) is 0 Å². The molecule has 0 radical (unpaired) electrons. The number of carboxylic acid groups (broad SMARTS) is 2. The van der Waals surface area contributed by atoms with Crippen LogP contribution in [0.5, 0.6) is 0 Å². The van der Waals surface area contributed by atoms with Crippen LogP contribution in [0.1, 0.15) is 20.7 Å². The highest BCUT2D eigenvalue weighted by molar-refractivity contribution is 7.85. The van der Waals surface area contributed by atoms with Gasteiger partial charge in [-0.15, -0.1) is 0 Å². The molecule has 0 spiro atoms. The molecular weight excluding hydrogens is 240 g/mol. The molecule has 0 unspecified atom stereocenters. The van der Waals surface area contributed by atoms with Crippen LogP contribution in [0, 0.1) is 0 Å². The molecule has 8 heteroatoms. The Bertz CT molecular complexity index is 558. The molecule has 0 saturated heterocycles. The van der Waals surface area contributed by atoms with E-state index in [9.17, 15) is 28.2 Å². The molecule has 1 aromatic rings. The average Bonchev–Trinajstić information content (AvgIpc) is 2.15. The Balaban J connectivity index is 3.52. The van der Waals surface area contributed by atoms with E-state index in [1.807, 2.05) is 0 Å². The Morgan fingerprint density at radius 2 is 1.56 bits per heavy atom. The van der Waals surface area contributed by atoms with Crippen LogP contribution >= 0.6 is 0 Å². The van der Waals surface area contributed by atoms with Gasteiger partial charge in [0.1, 0.15) is 0 Å². The zero-order valence-corrected chi connectivity index (χ0v) is 8.35. The predicted octanol–water partition coefficient (Wildman–Crippen LogP) is -2.34. The van der Waals surface area contributed by atoms with Crippen LogP contribution in [-0.4, -0.2) is 24.9 Å². The van der Waals surface area contributed by atoms with Gasteiger partial charge in [0.05, 0.1) is 16.8 Å². The molecule has 0 saturated carbocycles. The molecule has 0 fully saturated rings. The highest BCUT2D eigenvalue weighted by atomic mass is 32.2. The first-order valence-electron chi connectivity index (χ1n) is 3.77. The molecule has 0 aromatic heterocycles. The van der Waals surface area contributed by atoms with Gasteiger partial charge in [-0.25, -0.2) is 0 Å². The first-order chi connectivity index (χ1) is 7.23. The molecule has 16 heavy (non-hydrogen) atoms. The van der Waals surface area contributed by atoms with Crippen molar-refractivity contribution in [2.45, 2.75) is 4.90 Å². The van der Waals surface area contributed by atoms with E-state index in [2.05, 4.69) is 0 Å². The van der Waals surface area contributed by atoms with Gasteiger partial charge in [-0.1, -0.05) is 6.07 Å². The van der Waals surface area contributed by atoms with Gasteiger partial charge in [0.25, 0.3) is 10.1 Å². The molecule has 1 rings (SSSR count). The van der Waals surface area contributed by atoms with Crippen molar-refractivity contribution < 1.29 is 32.8 Å². The lowest BCUT2D eigenvalue weighted by Gasteiger charge is -2.11. The van der Waals surface area contributed by atoms with Crippen molar-refractivity contribution >= 4 is 22.1 Å². The summed E-state index contributed by atoms with van der Waals surface area (Å²) < 4.78 is 30.0. The fourth-order valence-corrected chi connectivity index (χ4v) is 1.54. The van der Waals surface area contributed by atoms with Crippen LogP contribution in [0.4, 0.5) is 0 Å². The number of hydrogen-bond donors (Lipinski definition) is 1. The first kappa shape index (κ1) is 12.1. The molecule has 0 amide bonds. The van der Waals surface area contributed by atoms with Crippen LogP contribution in [0.15, 0.2) is 23.1 Å². The third-order valence-corrected chi connectivity index (χ3v) is 2.58. The Kier molecular flexibility index (Phi) is 2.97. The van der Waals surface area contributed by atoms with Gasteiger partial charge in [-0.2, -0.15) is 8.42 Å². The predicted molar refractivity (Wildman–Crippen MR) is 44.9 cm³/mol. The van der Waals surface area contributed by atoms with Gasteiger partial charge in [0.2, 0.25) is 0 Å². The highest BCUT2D eigenvalue weighted by Crippen LogP contribution is 2.15. The minimum absolute atomic E-state index is 0.482. The summed E-state index contributed by atoms with van der Waals surface area (Å²) in [5.41, 5.74) is -1.61. The molecule has 0 atom stereocenters. The summed E-state index contributed by atoms with van der Waals surface area (Å²) in [5.74, 6) is -3.68. The summed E-state index contributed by atoms with van der Waals surface area (Å²) in [6.07, 6.45) is 0. The quantitative estimate of drug-likeness (QED) is 0.588. The highest BCUT2D eigenvalue weighted by Gasteiger charge is 2.13. The second-order valence-corrected chi connectivity index (χ2v) is 4.18. The maximum absolute atomic E-state index is 10.7. The summed E-state index contributed by atoms with van der Waals surface area (Å²) in [4.78, 5) is 20.3.